The van der Waals surface area contributed by atoms with E-state index in [0.29, 0.717) is 10.0 Å². The number of carbonyl (C=O) groups is 2. The second-order valence-electron chi connectivity index (χ2n) is 2.37. The highest BCUT2D eigenvalue weighted by atomic mass is 79.9. The standard InChI is InChI=1S/C8H7BrN2O2/c1-5(12)11-8(13)6-2-3-10-4-7(6)9/h2-4H,1H3,(H,11,12,13). The van der Waals surface area contributed by atoms with Gasteiger partial charge in [-0.25, -0.2) is 0 Å². The number of aromatic nitrogens is 1. The second kappa shape index (κ2) is 4.13. The molecule has 1 heterocycles. The van der Waals surface area contributed by atoms with Crippen molar-refractivity contribution in [3.05, 3.63) is 28.5 Å². The van der Waals surface area contributed by atoms with Gasteiger partial charge in [0.25, 0.3) is 5.91 Å². The number of nitrogens with one attached hydrogen (secondary N) is 1. The van der Waals surface area contributed by atoms with E-state index < -0.39 is 5.91 Å². The molecule has 0 aliphatic rings. The van der Waals surface area contributed by atoms with E-state index in [-0.39, 0.29) is 5.91 Å². The molecule has 0 aliphatic heterocycles. The first-order valence-electron chi connectivity index (χ1n) is 3.52. The minimum Gasteiger partial charge on any atom is -0.293 e. The molecule has 13 heavy (non-hydrogen) atoms. The highest BCUT2D eigenvalue weighted by Crippen LogP contribution is 2.13. The van der Waals surface area contributed by atoms with Gasteiger partial charge in [-0.15, -0.1) is 0 Å². The summed E-state index contributed by atoms with van der Waals surface area (Å²) in [6.45, 7) is 1.28. The summed E-state index contributed by atoms with van der Waals surface area (Å²) in [6.07, 6.45) is 2.98. The average molecular weight is 243 g/mol. The maximum atomic E-state index is 11.3. The second-order valence-corrected chi connectivity index (χ2v) is 3.22. The van der Waals surface area contributed by atoms with E-state index in [1.54, 1.807) is 0 Å². The maximum Gasteiger partial charge on any atom is 0.259 e. The number of amides is 2. The van der Waals surface area contributed by atoms with E-state index in [2.05, 4.69) is 26.2 Å². The van der Waals surface area contributed by atoms with E-state index in [1.807, 2.05) is 0 Å². The first kappa shape index (κ1) is 9.85. The molecule has 0 unspecified atom stereocenters. The molecule has 0 saturated heterocycles. The van der Waals surface area contributed by atoms with Crippen molar-refractivity contribution < 1.29 is 9.59 Å². The Morgan fingerprint density at radius 1 is 1.54 bits per heavy atom. The lowest BCUT2D eigenvalue weighted by Crippen LogP contribution is -2.28. The first-order valence-corrected chi connectivity index (χ1v) is 4.32. The van der Waals surface area contributed by atoms with Crippen molar-refractivity contribution in [2.24, 2.45) is 0 Å². The monoisotopic (exact) mass is 242 g/mol. The molecule has 0 fully saturated rings. The quantitative estimate of drug-likeness (QED) is 0.803. The number of carbonyl (C=O) groups excluding carboxylic acids is 2. The van der Waals surface area contributed by atoms with Crippen LogP contribution in [-0.2, 0) is 4.79 Å². The van der Waals surface area contributed by atoms with Crippen molar-refractivity contribution in [3.63, 3.8) is 0 Å². The van der Waals surface area contributed by atoms with E-state index in [1.165, 1.54) is 25.4 Å². The molecule has 0 radical (unpaired) electrons. The summed E-state index contributed by atoms with van der Waals surface area (Å²) in [4.78, 5) is 25.7. The zero-order valence-corrected chi connectivity index (χ0v) is 8.46. The Kier molecular flexibility index (Phi) is 3.13. The minimum absolute atomic E-state index is 0.381. The zero-order valence-electron chi connectivity index (χ0n) is 6.87. The van der Waals surface area contributed by atoms with Crippen LogP contribution in [0.1, 0.15) is 17.3 Å². The third-order valence-electron chi connectivity index (χ3n) is 1.31. The zero-order chi connectivity index (χ0) is 9.84. The highest BCUT2D eigenvalue weighted by Gasteiger charge is 2.09. The van der Waals surface area contributed by atoms with Crippen molar-refractivity contribution in [1.29, 1.82) is 0 Å². The lowest BCUT2D eigenvalue weighted by Gasteiger charge is -2.01. The lowest BCUT2D eigenvalue weighted by molar-refractivity contribution is -0.118. The molecule has 0 saturated carbocycles. The van der Waals surface area contributed by atoms with Crippen molar-refractivity contribution >= 4 is 27.7 Å². The summed E-state index contributed by atoms with van der Waals surface area (Å²) >= 11 is 3.15. The Morgan fingerprint density at radius 3 is 2.77 bits per heavy atom. The van der Waals surface area contributed by atoms with Crippen molar-refractivity contribution in [2.75, 3.05) is 0 Å². The molecule has 4 nitrogen and oxygen atoms in total. The molecule has 5 heteroatoms. The fourth-order valence-electron chi connectivity index (χ4n) is 0.787. The Bertz CT molecular complexity index is 352. The van der Waals surface area contributed by atoms with Gasteiger partial charge < -0.3 is 0 Å². The molecule has 0 aromatic carbocycles. The molecule has 0 aliphatic carbocycles. The molecule has 1 N–H and O–H groups in total. The molecule has 0 spiro atoms. The fraction of sp³-hybridized carbons (Fsp3) is 0.125. The predicted octanol–water partition coefficient (Wildman–Crippen LogP) is 1.12. The smallest absolute Gasteiger partial charge is 0.259 e. The third-order valence-corrected chi connectivity index (χ3v) is 1.94. The summed E-state index contributed by atoms with van der Waals surface area (Å²) < 4.78 is 0.564. The number of pyridine rings is 1. The van der Waals surface area contributed by atoms with Gasteiger partial charge in [0.2, 0.25) is 5.91 Å². The molecule has 0 bridgehead atoms. The molecular weight excluding hydrogens is 236 g/mol. The van der Waals surface area contributed by atoms with Crippen LogP contribution < -0.4 is 5.32 Å². The van der Waals surface area contributed by atoms with Gasteiger partial charge in [0.15, 0.2) is 0 Å². The number of hydrogen-bond acceptors (Lipinski definition) is 3. The van der Waals surface area contributed by atoms with Gasteiger partial charge in [-0.2, -0.15) is 0 Å². The van der Waals surface area contributed by atoms with Gasteiger partial charge in [-0.1, -0.05) is 0 Å². The van der Waals surface area contributed by atoms with Crippen LogP contribution in [0, 0.1) is 0 Å². The fourth-order valence-corrected chi connectivity index (χ4v) is 1.22. The van der Waals surface area contributed by atoms with Crippen LogP contribution in [0.5, 0.6) is 0 Å². The number of imide groups is 1. The van der Waals surface area contributed by atoms with E-state index in [0.717, 1.165) is 0 Å². The molecule has 1 aromatic rings. The average Bonchev–Trinajstić information content (AvgIpc) is 2.03. The topological polar surface area (TPSA) is 59.1 Å². The maximum absolute atomic E-state index is 11.3. The summed E-state index contributed by atoms with van der Waals surface area (Å²) in [5.74, 6) is -0.810. The number of rotatable bonds is 1. The first-order chi connectivity index (χ1) is 6.11. The summed E-state index contributed by atoms with van der Waals surface area (Å²) in [7, 11) is 0. The Hall–Kier alpha value is -1.23. The molecular formula is C8H7BrN2O2. The minimum atomic E-state index is -0.429. The molecule has 1 aromatic heterocycles. The molecule has 0 atom stereocenters. The van der Waals surface area contributed by atoms with E-state index >= 15 is 0 Å². The Labute approximate surface area is 83.5 Å². The van der Waals surface area contributed by atoms with Crippen LogP contribution in [0.2, 0.25) is 0 Å². The van der Waals surface area contributed by atoms with Crippen LogP contribution in [0.25, 0.3) is 0 Å². The number of halogens is 1. The largest absolute Gasteiger partial charge is 0.293 e. The highest BCUT2D eigenvalue weighted by molar-refractivity contribution is 9.10. The van der Waals surface area contributed by atoms with Crippen molar-refractivity contribution in [1.82, 2.24) is 10.3 Å². The predicted molar refractivity (Wildman–Crippen MR) is 50.1 cm³/mol. The molecule has 1 rings (SSSR count). The van der Waals surface area contributed by atoms with Crippen LogP contribution in [0.15, 0.2) is 22.9 Å². The van der Waals surface area contributed by atoms with Crippen molar-refractivity contribution in [3.8, 4) is 0 Å². The SMILES string of the molecule is CC(=O)NC(=O)c1ccncc1Br. The normalized spacial score (nSPS) is 9.38. The summed E-state index contributed by atoms with van der Waals surface area (Å²) in [5, 5.41) is 2.16. The van der Waals surface area contributed by atoms with Crippen LogP contribution in [0.3, 0.4) is 0 Å². The summed E-state index contributed by atoms with van der Waals surface area (Å²) in [5.41, 5.74) is 0.394. The van der Waals surface area contributed by atoms with Crippen LogP contribution in [-0.4, -0.2) is 16.8 Å². The van der Waals surface area contributed by atoms with E-state index in [9.17, 15) is 9.59 Å². The third kappa shape index (κ3) is 2.62. The number of hydrogen-bond donors (Lipinski definition) is 1. The Morgan fingerprint density at radius 2 is 2.23 bits per heavy atom. The lowest BCUT2D eigenvalue weighted by atomic mass is 10.2. The summed E-state index contributed by atoms with van der Waals surface area (Å²) in [6, 6.07) is 1.53. The van der Waals surface area contributed by atoms with Gasteiger partial charge in [-0.05, 0) is 22.0 Å². The van der Waals surface area contributed by atoms with Crippen LogP contribution >= 0.6 is 15.9 Å². The van der Waals surface area contributed by atoms with Gasteiger partial charge in [0.05, 0.1) is 5.56 Å². The Balaban J connectivity index is 2.89. The van der Waals surface area contributed by atoms with Crippen LogP contribution in [0.4, 0.5) is 0 Å². The number of nitrogens with zero attached hydrogens (tertiary/aromatic N) is 1. The molecule has 2 amide bonds. The van der Waals surface area contributed by atoms with Gasteiger partial charge >= 0.3 is 0 Å². The molecule has 68 valence electrons. The van der Waals surface area contributed by atoms with E-state index in [4.69, 9.17) is 0 Å². The van der Waals surface area contributed by atoms with Gasteiger partial charge in [0, 0.05) is 23.8 Å². The van der Waals surface area contributed by atoms with Gasteiger partial charge in [0.1, 0.15) is 0 Å². The van der Waals surface area contributed by atoms with Crippen molar-refractivity contribution in [2.45, 2.75) is 6.92 Å². The van der Waals surface area contributed by atoms with Gasteiger partial charge in [-0.3, -0.25) is 19.9 Å².